The molecule has 0 aliphatic rings. The van der Waals surface area contributed by atoms with Crippen molar-refractivity contribution in [3.05, 3.63) is 0 Å². The van der Waals surface area contributed by atoms with E-state index in [0.29, 0.717) is 0 Å². The van der Waals surface area contributed by atoms with Gasteiger partial charge in [-0.1, -0.05) is 0 Å². The molecule has 14 heavy (non-hydrogen) atoms. The average Bonchev–Trinajstić information content (AvgIpc) is 2.03. The van der Waals surface area contributed by atoms with Gasteiger partial charge in [0.25, 0.3) is 12.4 Å². The lowest BCUT2D eigenvalue weighted by Gasteiger charge is -2.24. The zero-order valence-corrected chi connectivity index (χ0v) is 8.53. The smallest absolute Gasteiger partial charge is 0.294 e. The summed E-state index contributed by atoms with van der Waals surface area (Å²) in [6.07, 6.45) is -0.162. The zero-order chi connectivity index (χ0) is 11.2. The van der Waals surface area contributed by atoms with Crippen molar-refractivity contribution in [3.63, 3.8) is 0 Å². The molecular weight excluding hydrogens is 184 g/mol. The molecule has 0 bridgehead atoms. The molecule has 0 saturated carbocycles. The largest absolute Gasteiger partial charge is 0.450 e. The van der Waals surface area contributed by atoms with Crippen LogP contribution in [-0.4, -0.2) is 24.0 Å². The summed E-state index contributed by atoms with van der Waals surface area (Å²) in [5, 5.41) is 11.1. The molecule has 1 N–H and O–H groups in total. The minimum absolute atomic E-state index is 0.0595. The van der Waals surface area contributed by atoms with E-state index in [0.717, 1.165) is 0 Å². The van der Waals surface area contributed by atoms with Crippen molar-refractivity contribution < 1.29 is 14.3 Å². The van der Waals surface area contributed by atoms with Gasteiger partial charge in [-0.3, -0.25) is 9.59 Å². The van der Waals surface area contributed by atoms with Crippen molar-refractivity contribution in [3.8, 4) is 6.07 Å². The molecule has 0 aromatic rings. The van der Waals surface area contributed by atoms with Gasteiger partial charge in [-0.05, 0) is 20.8 Å². The van der Waals surface area contributed by atoms with Crippen molar-refractivity contribution in [2.24, 2.45) is 0 Å². The number of amides is 1. The van der Waals surface area contributed by atoms with Gasteiger partial charge in [-0.15, -0.1) is 0 Å². The van der Waals surface area contributed by atoms with Crippen LogP contribution in [0.1, 0.15) is 27.2 Å². The van der Waals surface area contributed by atoms with Gasteiger partial charge >= 0.3 is 0 Å². The van der Waals surface area contributed by atoms with Crippen LogP contribution in [0.4, 0.5) is 0 Å². The highest BCUT2D eigenvalue weighted by molar-refractivity contribution is 5.86. The standard InChI is InChI=1S/C9H14N2O3/c1-7(2)11-8(13)9(3,4-5-10)14-6-12/h6-7H,4H2,1-3H3,(H,11,13). The molecule has 1 unspecified atom stereocenters. The number of carbonyl (C=O) groups excluding carboxylic acids is 2. The number of hydrogen-bond acceptors (Lipinski definition) is 4. The predicted octanol–water partition coefficient (Wildman–Crippen LogP) is 0.356. The summed E-state index contributed by atoms with van der Waals surface area (Å²) in [4.78, 5) is 21.7. The molecule has 0 rings (SSSR count). The summed E-state index contributed by atoms with van der Waals surface area (Å²) in [7, 11) is 0. The van der Waals surface area contributed by atoms with Gasteiger partial charge in [0.1, 0.15) is 0 Å². The molecule has 0 spiro atoms. The van der Waals surface area contributed by atoms with Crippen molar-refractivity contribution in [1.82, 2.24) is 5.32 Å². The second-order valence-electron chi connectivity index (χ2n) is 3.41. The molecule has 5 nitrogen and oxygen atoms in total. The molecule has 0 aliphatic carbocycles. The molecule has 0 radical (unpaired) electrons. The van der Waals surface area contributed by atoms with E-state index in [1.165, 1.54) is 6.92 Å². The maximum atomic E-state index is 11.5. The van der Waals surface area contributed by atoms with Crippen LogP contribution < -0.4 is 5.32 Å². The van der Waals surface area contributed by atoms with Gasteiger partial charge in [0, 0.05) is 6.04 Å². The first-order valence-electron chi connectivity index (χ1n) is 4.25. The second kappa shape index (κ2) is 5.22. The lowest BCUT2D eigenvalue weighted by atomic mass is 10.0. The van der Waals surface area contributed by atoms with Crippen LogP contribution in [-0.2, 0) is 14.3 Å². The van der Waals surface area contributed by atoms with Crippen molar-refractivity contribution >= 4 is 12.4 Å². The van der Waals surface area contributed by atoms with E-state index in [-0.39, 0.29) is 18.9 Å². The number of nitrogens with zero attached hydrogens (tertiary/aromatic N) is 1. The fourth-order valence-corrected chi connectivity index (χ4v) is 0.847. The van der Waals surface area contributed by atoms with Crippen LogP contribution in [0.3, 0.4) is 0 Å². The minimum atomic E-state index is -1.39. The normalized spacial score (nSPS) is 13.9. The molecule has 0 aliphatic heterocycles. The molecule has 0 heterocycles. The minimum Gasteiger partial charge on any atom is -0.450 e. The second-order valence-corrected chi connectivity index (χ2v) is 3.41. The number of hydrogen-bond donors (Lipinski definition) is 1. The van der Waals surface area contributed by atoms with Gasteiger partial charge in [-0.25, -0.2) is 0 Å². The Morgan fingerprint density at radius 3 is 2.64 bits per heavy atom. The summed E-state index contributed by atoms with van der Waals surface area (Å²) >= 11 is 0. The van der Waals surface area contributed by atoms with Gasteiger partial charge in [0.15, 0.2) is 5.60 Å². The maximum absolute atomic E-state index is 11.5. The molecule has 78 valence electrons. The van der Waals surface area contributed by atoms with E-state index < -0.39 is 11.5 Å². The Bertz CT molecular complexity index is 257. The quantitative estimate of drug-likeness (QED) is 0.647. The Morgan fingerprint density at radius 2 is 2.29 bits per heavy atom. The molecule has 1 amide bonds. The first kappa shape index (κ1) is 12.4. The van der Waals surface area contributed by atoms with Crippen LogP contribution >= 0.6 is 0 Å². The highest BCUT2D eigenvalue weighted by atomic mass is 16.5. The van der Waals surface area contributed by atoms with Crippen molar-refractivity contribution in [2.45, 2.75) is 38.8 Å². The predicted molar refractivity (Wildman–Crippen MR) is 49.1 cm³/mol. The average molecular weight is 198 g/mol. The molecule has 0 fully saturated rings. The zero-order valence-electron chi connectivity index (χ0n) is 8.53. The lowest BCUT2D eigenvalue weighted by molar-refractivity contribution is -0.155. The molecule has 1 atom stereocenters. The summed E-state index contributed by atoms with van der Waals surface area (Å²) < 4.78 is 4.62. The van der Waals surface area contributed by atoms with E-state index in [1.54, 1.807) is 19.9 Å². The van der Waals surface area contributed by atoms with Gasteiger partial charge in [0.2, 0.25) is 0 Å². The van der Waals surface area contributed by atoms with E-state index >= 15 is 0 Å². The number of ether oxygens (including phenoxy) is 1. The maximum Gasteiger partial charge on any atom is 0.294 e. The third-order valence-corrected chi connectivity index (χ3v) is 1.62. The molecule has 0 saturated heterocycles. The Hall–Kier alpha value is -1.57. The van der Waals surface area contributed by atoms with Gasteiger partial charge in [-0.2, -0.15) is 5.26 Å². The van der Waals surface area contributed by atoms with E-state index in [4.69, 9.17) is 5.26 Å². The molecule has 5 heteroatoms. The van der Waals surface area contributed by atoms with Gasteiger partial charge < -0.3 is 10.1 Å². The van der Waals surface area contributed by atoms with E-state index in [2.05, 4.69) is 10.1 Å². The third-order valence-electron chi connectivity index (χ3n) is 1.62. The molecular formula is C9H14N2O3. The number of nitriles is 1. The Morgan fingerprint density at radius 1 is 1.71 bits per heavy atom. The monoisotopic (exact) mass is 198 g/mol. The van der Waals surface area contributed by atoms with Crippen molar-refractivity contribution in [1.29, 1.82) is 5.26 Å². The highest BCUT2D eigenvalue weighted by Crippen LogP contribution is 2.14. The number of nitrogens with one attached hydrogen (secondary N) is 1. The molecule has 0 aromatic carbocycles. The first-order valence-corrected chi connectivity index (χ1v) is 4.25. The third kappa shape index (κ3) is 3.44. The van der Waals surface area contributed by atoms with Crippen LogP contribution in [0.15, 0.2) is 0 Å². The number of rotatable bonds is 5. The molecule has 0 aromatic heterocycles. The van der Waals surface area contributed by atoms with Crippen LogP contribution in [0.25, 0.3) is 0 Å². The summed E-state index contributed by atoms with van der Waals surface area (Å²) in [5.74, 6) is -0.457. The first-order chi connectivity index (χ1) is 6.46. The van der Waals surface area contributed by atoms with Crippen molar-refractivity contribution in [2.75, 3.05) is 0 Å². The van der Waals surface area contributed by atoms with E-state index in [1.807, 2.05) is 0 Å². The summed E-state index contributed by atoms with van der Waals surface area (Å²) in [5.41, 5.74) is -1.39. The Kier molecular flexibility index (Phi) is 4.64. The van der Waals surface area contributed by atoms with Crippen LogP contribution in [0.2, 0.25) is 0 Å². The topological polar surface area (TPSA) is 79.2 Å². The fourth-order valence-electron chi connectivity index (χ4n) is 0.847. The van der Waals surface area contributed by atoms with Gasteiger partial charge in [0.05, 0.1) is 12.5 Å². The summed E-state index contributed by atoms with van der Waals surface area (Å²) in [6.45, 7) is 5.15. The Balaban J connectivity index is 4.56. The highest BCUT2D eigenvalue weighted by Gasteiger charge is 2.35. The summed E-state index contributed by atoms with van der Waals surface area (Å²) in [6, 6.07) is 1.74. The number of carbonyl (C=O) groups is 2. The fraction of sp³-hybridized carbons (Fsp3) is 0.667. The SMILES string of the molecule is CC(C)NC(=O)C(C)(CC#N)OC=O. The van der Waals surface area contributed by atoms with E-state index in [9.17, 15) is 9.59 Å². The van der Waals surface area contributed by atoms with Crippen LogP contribution in [0.5, 0.6) is 0 Å². The Labute approximate surface area is 83.0 Å². The lowest BCUT2D eigenvalue weighted by Crippen LogP contribution is -2.48. The van der Waals surface area contributed by atoms with Crippen LogP contribution in [0, 0.1) is 11.3 Å².